The summed E-state index contributed by atoms with van der Waals surface area (Å²) in [6.07, 6.45) is 11.2. The van der Waals surface area contributed by atoms with Crippen molar-refractivity contribution in [2.75, 3.05) is 0 Å². The molecule has 5 heteroatoms. The van der Waals surface area contributed by atoms with Crippen molar-refractivity contribution in [3.8, 4) is 22.5 Å². The van der Waals surface area contributed by atoms with Crippen molar-refractivity contribution in [1.29, 1.82) is 0 Å². The van der Waals surface area contributed by atoms with Crippen molar-refractivity contribution in [3.63, 3.8) is 0 Å². The SMILES string of the molecule is Cc1cc(-c2ncc(CCc3nccn4c(-c5ccccc5)cnc34)cc2C)ccn1. The number of hydrogen-bond donors (Lipinski definition) is 0. The van der Waals surface area contributed by atoms with Crippen LogP contribution < -0.4 is 0 Å². The Balaban J connectivity index is 1.39. The maximum Gasteiger partial charge on any atom is 0.159 e. The van der Waals surface area contributed by atoms with Crippen molar-refractivity contribution >= 4 is 5.65 Å². The number of nitrogens with zero attached hydrogens (tertiary/aromatic N) is 5. The highest BCUT2D eigenvalue weighted by atomic mass is 15.0. The van der Waals surface area contributed by atoms with E-state index in [1.807, 2.05) is 62.2 Å². The van der Waals surface area contributed by atoms with Gasteiger partial charge < -0.3 is 0 Å². The van der Waals surface area contributed by atoms with Crippen LogP contribution in [0.4, 0.5) is 0 Å². The van der Waals surface area contributed by atoms with Gasteiger partial charge in [-0.25, -0.2) is 4.98 Å². The van der Waals surface area contributed by atoms with Gasteiger partial charge in [-0.05, 0) is 49.9 Å². The third kappa shape index (κ3) is 3.82. The Morgan fingerprint density at radius 1 is 0.774 bits per heavy atom. The highest BCUT2D eigenvalue weighted by Crippen LogP contribution is 2.24. The number of benzene rings is 1. The fourth-order valence-corrected chi connectivity index (χ4v) is 4.00. The second kappa shape index (κ2) is 8.11. The molecular weight excluding hydrogens is 382 g/mol. The molecule has 0 bridgehead atoms. The van der Waals surface area contributed by atoms with Crippen molar-refractivity contribution in [2.24, 2.45) is 0 Å². The summed E-state index contributed by atoms with van der Waals surface area (Å²) in [5.74, 6) is 0. The fraction of sp³-hybridized carbons (Fsp3) is 0.154. The van der Waals surface area contributed by atoms with E-state index in [9.17, 15) is 0 Å². The van der Waals surface area contributed by atoms with Gasteiger partial charge in [-0.3, -0.25) is 19.4 Å². The van der Waals surface area contributed by atoms with Gasteiger partial charge in [0, 0.05) is 41.6 Å². The van der Waals surface area contributed by atoms with E-state index in [2.05, 4.69) is 50.5 Å². The highest BCUT2D eigenvalue weighted by Gasteiger charge is 2.11. The minimum absolute atomic E-state index is 0.810. The van der Waals surface area contributed by atoms with Gasteiger partial charge in [0.05, 0.1) is 23.3 Å². The lowest BCUT2D eigenvalue weighted by Crippen LogP contribution is -2.01. The van der Waals surface area contributed by atoms with E-state index in [0.29, 0.717) is 0 Å². The van der Waals surface area contributed by atoms with Crippen LogP contribution in [-0.2, 0) is 12.8 Å². The third-order valence-electron chi connectivity index (χ3n) is 5.53. The normalized spacial score (nSPS) is 11.2. The van der Waals surface area contributed by atoms with Gasteiger partial charge in [-0.1, -0.05) is 36.4 Å². The molecule has 0 unspecified atom stereocenters. The molecule has 0 radical (unpaired) electrons. The monoisotopic (exact) mass is 405 g/mol. The topological polar surface area (TPSA) is 56.0 Å². The molecule has 0 aliphatic carbocycles. The Kier molecular flexibility index (Phi) is 5.00. The number of rotatable bonds is 5. The van der Waals surface area contributed by atoms with Crippen LogP contribution in [0.5, 0.6) is 0 Å². The molecule has 0 N–H and O–H groups in total. The largest absolute Gasteiger partial charge is 0.297 e. The van der Waals surface area contributed by atoms with Crippen molar-refractivity contribution in [1.82, 2.24) is 24.3 Å². The molecule has 0 saturated carbocycles. The van der Waals surface area contributed by atoms with Gasteiger partial charge >= 0.3 is 0 Å². The van der Waals surface area contributed by atoms with E-state index in [1.54, 1.807) is 0 Å². The summed E-state index contributed by atoms with van der Waals surface area (Å²) in [6, 6.07) is 16.6. The average Bonchev–Trinajstić information content (AvgIpc) is 3.23. The molecule has 0 amide bonds. The molecule has 4 heterocycles. The first-order valence-electron chi connectivity index (χ1n) is 10.4. The van der Waals surface area contributed by atoms with Crippen molar-refractivity contribution in [3.05, 3.63) is 102 Å². The molecule has 0 atom stereocenters. The summed E-state index contributed by atoms with van der Waals surface area (Å²) >= 11 is 0. The van der Waals surface area contributed by atoms with E-state index in [1.165, 1.54) is 11.1 Å². The van der Waals surface area contributed by atoms with Crippen LogP contribution in [0.15, 0.2) is 79.5 Å². The standard InChI is InChI=1S/C26H23N5/c1-18-14-20(16-29-25(18)22-10-11-27-19(2)15-22)8-9-23-26-30-17-24(31(26)13-12-28-23)21-6-4-3-5-7-21/h3-7,10-17H,8-9H2,1-2H3. The van der Waals surface area contributed by atoms with Gasteiger partial charge in [0.1, 0.15) is 0 Å². The van der Waals surface area contributed by atoms with Crippen LogP contribution in [0.3, 0.4) is 0 Å². The molecule has 4 aromatic heterocycles. The lowest BCUT2D eigenvalue weighted by molar-refractivity contribution is 0.895. The second-order valence-electron chi connectivity index (χ2n) is 7.77. The summed E-state index contributed by atoms with van der Waals surface area (Å²) in [5.41, 5.74) is 9.61. The molecule has 0 aliphatic rings. The molecular formula is C26H23N5. The molecule has 0 saturated heterocycles. The van der Waals surface area contributed by atoms with Crippen molar-refractivity contribution < 1.29 is 0 Å². The zero-order chi connectivity index (χ0) is 21.2. The fourth-order valence-electron chi connectivity index (χ4n) is 4.00. The predicted octanol–water partition coefficient (Wildman–Crippen LogP) is 5.26. The Hall–Kier alpha value is -3.86. The van der Waals surface area contributed by atoms with Gasteiger partial charge in [0.25, 0.3) is 0 Å². The summed E-state index contributed by atoms with van der Waals surface area (Å²) in [7, 11) is 0. The molecule has 0 spiro atoms. The lowest BCUT2D eigenvalue weighted by atomic mass is 10.0. The number of fused-ring (bicyclic) bond motifs is 1. The Morgan fingerprint density at radius 3 is 2.45 bits per heavy atom. The van der Waals surface area contributed by atoms with Crippen LogP contribution >= 0.6 is 0 Å². The zero-order valence-corrected chi connectivity index (χ0v) is 17.7. The first kappa shape index (κ1) is 19.1. The predicted molar refractivity (Wildman–Crippen MR) is 123 cm³/mol. The van der Waals surface area contributed by atoms with Crippen LogP contribution in [0.1, 0.15) is 22.5 Å². The molecule has 5 rings (SSSR count). The molecule has 1 aromatic carbocycles. The maximum absolute atomic E-state index is 4.74. The average molecular weight is 406 g/mol. The highest BCUT2D eigenvalue weighted by molar-refractivity contribution is 5.65. The second-order valence-corrected chi connectivity index (χ2v) is 7.77. The lowest BCUT2D eigenvalue weighted by Gasteiger charge is -2.09. The quantitative estimate of drug-likeness (QED) is 0.400. The molecule has 0 aliphatic heterocycles. The van der Waals surface area contributed by atoms with E-state index in [-0.39, 0.29) is 0 Å². The zero-order valence-electron chi connectivity index (χ0n) is 17.7. The van der Waals surface area contributed by atoms with Gasteiger partial charge in [-0.2, -0.15) is 0 Å². The van der Waals surface area contributed by atoms with Gasteiger partial charge in [0.2, 0.25) is 0 Å². The number of hydrogen-bond acceptors (Lipinski definition) is 4. The smallest absolute Gasteiger partial charge is 0.159 e. The molecule has 31 heavy (non-hydrogen) atoms. The van der Waals surface area contributed by atoms with Crippen LogP contribution in [-0.4, -0.2) is 24.3 Å². The first-order valence-corrected chi connectivity index (χ1v) is 10.4. The maximum atomic E-state index is 4.74. The number of pyridine rings is 2. The Morgan fingerprint density at radius 2 is 1.65 bits per heavy atom. The van der Waals surface area contributed by atoms with Crippen LogP contribution in [0, 0.1) is 13.8 Å². The summed E-state index contributed by atoms with van der Waals surface area (Å²) in [6.45, 7) is 4.11. The number of aromatic nitrogens is 5. The number of aryl methyl sites for hydroxylation is 4. The van der Waals surface area contributed by atoms with Crippen LogP contribution in [0.25, 0.3) is 28.2 Å². The molecule has 5 nitrogen and oxygen atoms in total. The van der Waals surface area contributed by atoms with E-state index >= 15 is 0 Å². The third-order valence-corrected chi connectivity index (χ3v) is 5.53. The minimum atomic E-state index is 0.810. The van der Waals surface area contributed by atoms with E-state index in [4.69, 9.17) is 4.98 Å². The van der Waals surface area contributed by atoms with Crippen molar-refractivity contribution in [2.45, 2.75) is 26.7 Å². The summed E-state index contributed by atoms with van der Waals surface area (Å²) in [5, 5.41) is 0. The molecule has 0 fully saturated rings. The molecule has 5 aromatic rings. The summed E-state index contributed by atoms with van der Waals surface area (Å²) < 4.78 is 2.12. The minimum Gasteiger partial charge on any atom is -0.297 e. The van der Waals surface area contributed by atoms with E-state index < -0.39 is 0 Å². The van der Waals surface area contributed by atoms with Gasteiger partial charge in [-0.15, -0.1) is 0 Å². The van der Waals surface area contributed by atoms with Gasteiger partial charge in [0.15, 0.2) is 5.65 Å². The number of imidazole rings is 1. The summed E-state index contributed by atoms with van der Waals surface area (Å²) in [4.78, 5) is 18.3. The Labute approximate surface area is 181 Å². The van der Waals surface area contributed by atoms with Crippen LogP contribution in [0.2, 0.25) is 0 Å². The Bertz CT molecular complexity index is 1360. The first-order chi connectivity index (χ1) is 15.2. The van der Waals surface area contributed by atoms with E-state index in [0.717, 1.165) is 52.4 Å². The molecule has 152 valence electrons.